The molecule has 37 heavy (non-hydrogen) atoms. The van der Waals surface area contributed by atoms with Crippen LogP contribution in [0.4, 0.5) is 5.13 Å². The molecular weight excluding hydrogens is 516 g/mol. The molecule has 0 aliphatic carbocycles. The van der Waals surface area contributed by atoms with Crippen molar-refractivity contribution in [2.75, 3.05) is 11.9 Å². The van der Waals surface area contributed by atoms with Gasteiger partial charge in [0, 0.05) is 11.5 Å². The largest absolute Gasteiger partial charge is 0.490 e. The summed E-state index contributed by atoms with van der Waals surface area (Å²) in [6, 6.07) is 13.4. The van der Waals surface area contributed by atoms with E-state index < -0.39 is 27.0 Å². The Morgan fingerprint density at radius 1 is 1.19 bits per heavy atom. The van der Waals surface area contributed by atoms with Gasteiger partial charge in [-0.2, -0.15) is 14.6 Å². The number of nitriles is 1. The number of hydrogen-bond donors (Lipinski definition) is 1. The minimum atomic E-state index is -3.70. The number of rotatable bonds is 9. The Morgan fingerprint density at radius 2 is 1.95 bits per heavy atom. The molecule has 1 heterocycles. The van der Waals surface area contributed by atoms with Gasteiger partial charge >= 0.3 is 5.97 Å². The zero-order valence-electron chi connectivity index (χ0n) is 20.5. The van der Waals surface area contributed by atoms with Crippen molar-refractivity contribution in [3.05, 3.63) is 64.7 Å². The number of anilines is 1. The van der Waals surface area contributed by atoms with Gasteiger partial charge in [-0.25, -0.2) is 13.2 Å². The first-order valence-corrected chi connectivity index (χ1v) is 13.4. The first-order valence-electron chi connectivity index (χ1n) is 11.1. The van der Waals surface area contributed by atoms with Gasteiger partial charge in [-0.15, -0.1) is 0 Å². The standard InChI is InChI=1S/C25H24N4O6S2/c1-5-34-21-13-17(9-10-20(21)35-23(31)18-8-6-7-16(4)11-18)12-19(14-26)22(30)27-24-28-25(29-36-24)37(32,33)15(2)3/h6-13,15H,5H2,1-4H3,(H,27,28,29,30)/b19-12-. The molecule has 0 saturated heterocycles. The molecule has 12 heteroatoms. The number of benzene rings is 2. The van der Waals surface area contributed by atoms with E-state index in [-0.39, 0.29) is 34.0 Å². The van der Waals surface area contributed by atoms with E-state index in [9.17, 15) is 23.3 Å². The predicted octanol–water partition coefficient (Wildman–Crippen LogP) is 4.19. The van der Waals surface area contributed by atoms with E-state index in [1.165, 1.54) is 32.1 Å². The van der Waals surface area contributed by atoms with E-state index in [0.29, 0.717) is 22.7 Å². The number of aromatic nitrogens is 2. The van der Waals surface area contributed by atoms with Crippen molar-refractivity contribution in [1.82, 2.24) is 9.36 Å². The number of carbonyl (C=O) groups is 2. The molecule has 0 spiro atoms. The number of sulfone groups is 1. The number of nitrogens with zero attached hydrogens (tertiary/aromatic N) is 3. The minimum Gasteiger partial charge on any atom is -0.490 e. The number of ether oxygens (including phenoxy) is 2. The Bertz CT molecular complexity index is 1500. The van der Waals surface area contributed by atoms with Crippen LogP contribution in [0.1, 0.15) is 42.3 Å². The Morgan fingerprint density at radius 3 is 2.59 bits per heavy atom. The summed E-state index contributed by atoms with van der Waals surface area (Å²) in [4.78, 5) is 29.1. The summed E-state index contributed by atoms with van der Waals surface area (Å²) in [6.45, 7) is 6.90. The van der Waals surface area contributed by atoms with Gasteiger partial charge in [0.2, 0.25) is 15.0 Å². The maximum Gasteiger partial charge on any atom is 0.343 e. The number of carbonyl (C=O) groups excluding carboxylic acids is 2. The molecule has 3 rings (SSSR count). The zero-order valence-corrected chi connectivity index (χ0v) is 22.1. The fourth-order valence-corrected chi connectivity index (χ4v) is 4.66. The molecule has 0 radical (unpaired) electrons. The lowest BCUT2D eigenvalue weighted by Gasteiger charge is -2.12. The topological polar surface area (TPSA) is 148 Å². The van der Waals surface area contributed by atoms with Crippen molar-refractivity contribution >= 4 is 44.5 Å². The van der Waals surface area contributed by atoms with Crippen LogP contribution in [0.2, 0.25) is 0 Å². The van der Waals surface area contributed by atoms with Crippen LogP contribution >= 0.6 is 11.5 Å². The molecule has 1 N–H and O–H groups in total. The first-order chi connectivity index (χ1) is 17.5. The normalized spacial score (nSPS) is 11.6. The second kappa shape index (κ2) is 11.8. The molecule has 0 atom stereocenters. The Hall–Kier alpha value is -4.08. The van der Waals surface area contributed by atoms with Crippen molar-refractivity contribution in [3.8, 4) is 17.6 Å². The summed E-state index contributed by atoms with van der Waals surface area (Å²) in [5.41, 5.74) is 1.46. The summed E-state index contributed by atoms with van der Waals surface area (Å²) in [5.74, 6) is -0.912. The molecule has 0 unspecified atom stereocenters. The molecule has 192 valence electrons. The molecular formula is C25H24N4O6S2. The highest BCUT2D eigenvalue weighted by Gasteiger charge is 2.25. The average Bonchev–Trinajstić information content (AvgIpc) is 3.33. The minimum absolute atomic E-state index is 0.0567. The van der Waals surface area contributed by atoms with Crippen molar-refractivity contribution in [1.29, 1.82) is 5.26 Å². The Balaban J connectivity index is 1.81. The molecule has 0 fully saturated rings. The van der Waals surface area contributed by atoms with E-state index in [1.807, 2.05) is 19.1 Å². The summed E-state index contributed by atoms with van der Waals surface area (Å²) in [7, 11) is -3.70. The van der Waals surface area contributed by atoms with E-state index in [0.717, 1.165) is 5.56 Å². The number of nitrogens with one attached hydrogen (secondary N) is 1. The summed E-state index contributed by atoms with van der Waals surface area (Å²) < 4.78 is 39.3. The second-order valence-electron chi connectivity index (χ2n) is 8.00. The molecule has 1 aromatic heterocycles. The molecule has 10 nitrogen and oxygen atoms in total. The monoisotopic (exact) mass is 540 g/mol. The summed E-state index contributed by atoms with van der Waals surface area (Å²) in [6.07, 6.45) is 1.32. The maximum atomic E-state index is 12.6. The van der Waals surface area contributed by atoms with Crippen LogP contribution in [0.25, 0.3) is 6.08 Å². The smallest absolute Gasteiger partial charge is 0.343 e. The fourth-order valence-electron chi connectivity index (χ4n) is 2.96. The summed E-state index contributed by atoms with van der Waals surface area (Å²) >= 11 is 0.695. The van der Waals surface area contributed by atoms with Crippen molar-refractivity contribution in [3.63, 3.8) is 0 Å². The number of amides is 1. The predicted molar refractivity (Wildman–Crippen MR) is 138 cm³/mol. The fraction of sp³-hybridized carbons (Fsp3) is 0.240. The van der Waals surface area contributed by atoms with E-state index >= 15 is 0 Å². The van der Waals surface area contributed by atoms with E-state index in [2.05, 4.69) is 14.7 Å². The lowest BCUT2D eigenvalue weighted by molar-refractivity contribution is -0.112. The molecule has 0 bridgehead atoms. The average molecular weight is 541 g/mol. The van der Waals surface area contributed by atoms with E-state index in [1.54, 1.807) is 31.2 Å². The van der Waals surface area contributed by atoms with Gasteiger partial charge in [-0.1, -0.05) is 23.8 Å². The quantitative estimate of drug-likeness (QED) is 0.182. The first kappa shape index (κ1) is 27.5. The van der Waals surface area contributed by atoms with Gasteiger partial charge in [0.1, 0.15) is 11.6 Å². The van der Waals surface area contributed by atoms with Crippen LogP contribution in [0, 0.1) is 18.3 Å². The highest BCUT2D eigenvalue weighted by atomic mass is 32.2. The third kappa shape index (κ3) is 6.78. The van der Waals surface area contributed by atoms with Crippen molar-refractivity contribution in [2.24, 2.45) is 0 Å². The van der Waals surface area contributed by atoms with Gasteiger partial charge in [-0.3, -0.25) is 10.1 Å². The summed E-state index contributed by atoms with van der Waals surface area (Å²) in [5, 5.41) is 10.8. The van der Waals surface area contributed by atoms with Gasteiger partial charge < -0.3 is 9.47 Å². The third-order valence-electron chi connectivity index (χ3n) is 4.90. The lowest BCUT2D eigenvalue weighted by Crippen LogP contribution is -2.16. The van der Waals surface area contributed by atoms with Gasteiger partial charge in [0.25, 0.3) is 11.1 Å². The SMILES string of the molecule is CCOc1cc(/C=C(/C#N)C(=O)Nc2nc(S(=O)(=O)C(C)C)ns2)ccc1OC(=O)c1cccc(C)c1. The molecule has 3 aromatic rings. The van der Waals surface area contributed by atoms with Crippen LogP contribution in [-0.2, 0) is 14.6 Å². The highest BCUT2D eigenvalue weighted by Crippen LogP contribution is 2.30. The molecule has 1 amide bonds. The van der Waals surface area contributed by atoms with E-state index in [4.69, 9.17) is 9.47 Å². The van der Waals surface area contributed by atoms with Crippen LogP contribution in [0.5, 0.6) is 11.5 Å². The van der Waals surface area contributed by atoms with Crippen molar-refractivity contribution < 1.29 is 27.5 Å². The molecule has 0 saturated carbocycles. The van der Waals surface area contributed by atoms with Crippen LogP contribution in [0.3, 0.4) is 0 Å². The lowest BCUT2D eigenvalue weighted by atomic mass is 10.1. The van der Waals surface area contributed by atoms with Crippen LogP contribution < -0.4 is 14.8 Å². The van der Waals surface area contributed by atoms with Crippen LogP contribution in [0.15, 0.2) is 53.2 Å². The van der Waals surface area contributed by atoms with Gasteiger partial charge in [0.15, 0.2) is 11.5 Å². The van der Waals surface area contributed by atoms with Gasteiger partial charge in [-0.05, 0) is 63.6 Å². The Kier molecular flexibility index (Phi) is 8.75. The van der Waals surface area contributed by atoms with Crippen molar-refractivity contribution in [2.45, 2.75) is 38.1 Å². The second-order valence-corrected chi connectivity index (χ2v) is 11.1. The third-order valence-corrected chi connectivity index (χ3v) is 7.58. The van der Waals surface area contributed by atoms with Crippen LogP contribution in [-0.4, -0.2) is 41.5 Å². The Labute approximate surface area is 218 Å². The molecule has 0 aliphatic rings. The number of hydrogen-bond acceptors (Lipinski definition) is 10. The maximum absolute atomic E-state index is 12.6. The molecule has 2 aromatic carbocycles. The number of aryl methyl sites for hydroxylation is 1. The number of esters is 1. The highest BCUT2D eigenvalue weighted by molar-refractivity contribution is 7.91. The van der Waals surface area contributed by atoms with Gasteiger partial charge in [0.05, 0.1) is 17.4 Å². The zero-order chi connectivity index (χ0) is 27.2. The molecule has 0 aliphatic heterocycles.